The summed E-state index contributed by atoms with van der Waals surface area (Å²) in [4.78, 5) is 10.2. The average molecular weight is 184 g/mol. The third-order valence-electron chi connectivity index (χ3n) is 1.77. The Balaban J connectivity index is 2.18. The fourth-order valence-electron chi connectivity index (χ4n) is 1.05. The molecule has 1 rings (SSSR count). The van der Waals surface area contributed by atoms with Crippen molar-refractivity contribution in [3.05, 3.63) is 24.2 Å². The van der Waals surface area contributed by atoms with Crippen LogP contribution < -0.4 is 0 Å². The van der Waals surface area contributed by atoms with Crippen LogP contribution >= 0.6 is 0 Å². The topological polar surface area (TPSA) is 70.7 Å². The van der Waals surface area contributed by atoms with Crippen molar-refractivity contribution in [2.45, 2.75) is 25.4 Å². The smallest absolute Gasteiger partial charge is 0.332 e. The number of aliphatic carboxylic acids is 1. The molecule has 0 saturated carbocycles. The van der Waals surface area contributed by atoms with Gasteiger partial charge in [0.05, 0.1) is 6.26 Å². The van der Waals surface area contributed by atoms with Gasteiger partial charge in [-0.25, -0.2) is 4.79 Å². The molecule has 4 heteroatoms. The van der Waals surface area contributed by atoms with Crippen LogP contribution in [0.1, 0.15) is 18.6 Å². The van der Waals surface area contributed by atoms with E-state index in [1.165, 1.54) is 0 Å². The SMILES string of the molecule is O=C(O)C(O)CCCc1ccco1. The molecular formula is C9H12O4. The second kappa shape index (κ2) is 4.67. The summed E-state index contributed by atoms with van der Waals surface area (Å²) < 4.78 is 5.05. The first-order valence-corrected chi connectivity index (χ1v) is 4.13. The Morgan fingerprint density at radius 3 is 2.92 bits per heavy atom. The van der Waals surface area contributed by atoms with Gasteiger partial charge in [0.25, 0.3) is 0 Å². The van der Waals surface area contributed by atoms with E-state index in [0.29, 0.717) is 12.8 Å². The zero-order chi connectivity index (χ0) is 9.68. The monoisotopic (exact) mass is 184 g/mol. The third kappa shape index (κ3) is 3.29. The Kier molecular flexibility index (Phi) is 3.52. The first-order valence-electron chi connectivity index (χ1n) is 4.13. The second-order valence-corrected chi connectivity index (χ2v) is 2.83. The highest BCUT2D eigenvalue weighted by Gasteiger charge is 2.12. The number of aliphatic hydroxyl groups is 1. The highest BCUT2D eigenvalue weighted by Crippen LogP contribution is 2.07. The van der Waals surface area contributed by atoms with Gasteiger partial charge in [0, 0.05) is 6.42 Å². The van der Waals surface area contributed by atoms with Gasteiger partial charge >= 0.3 is 5.97 Å². The summed E-state index contributed by atoms with van der Waals surface area (Å²) in [6, 6.07) is 3.61. The minimum Gasteiger partial charge on any atom is -0.479 e. The molecule has 1 aromatic rings. The molecule has 1 atom stereocenters. The van der Waals surface area contributed by atoms with Crippen LogP contribution in [0.5, 0.6) is 0 Å². The third-order valence-corrected chi connectivity index (χ3v) is 1.77. The number of carbonyl (C=O) groups is 1. The molecule has 4 nitrogen and oxygen atoms in total. The Morgan fingerprint density at radius 2 is 2.38 bits per heavy atom. The molecule has 0 aromatic carbocycles. The lowest BCUT2D eigenvalue weighted by atomic mass is 10.1. The molecule has 13 heavy (non-hydrogen) atoms. The zero-order valence-electron chi connectivity index (χ0n) is 7.14. The number of furan rings is 1. The van der Waals surface area contributed by atoms with Crippen molar-refractivity contribution in [2.75, 3.05) is 0 Å². The molecule has 0 aliphatic heterocycles. The Bertz CT molecular complexity index is 253. The van der Waals surface area contributed by atoms with Crippen molar-refractivity contribution < 1.29 is 19.4 Å². The largest absolute Gasteiger partial charge is 0.479 e. The molecular weight excluding hydrogens is 172 g/mol. The molecule has 2 N–H and O–H groups in total. The fourth-order valence-corrected chi connectivity index (χ4v) is 1.05. The average Bonchev–Trinajstić information content (AvgIpc) is 2.56. The maximum absolute atomic E-state index is 10.2. The van der Waals surface area contributed by atoms with E-state index in [4.69, 9.17) is 14.6 Å². The number of aliphatic hydroxyl groups excluding tert-OH is 1. The van der Waals surface area contributed by atoms with Crippen LogP contribution in [0.4, 0.5) is 0 Å². The van der Waals surface area contributed by atoms with E-state index >= 15 is 0 Å². The van der Waals surface area contributed by atoms with Crippen LogP contribution in [-0.4, -0.2) is 22.3 Å². The molecule has 0 spiro atoms. The van der Waals surface area contributed by atoms with Gasteiger partial charge in [-0.05, 0) is 25.0 Å². The van der Waals surface area contributed by atoms with E-state index in [0.717, 1.165) is 5.76 Å². The van der Waals surface area contributed by atoms with Gasteiger partial charge in [-0.15, -0.1) is 0 Å². The highest BCUT2D eigenvalue weighted by atomic mass is 16.4. The lowest BCUT2D eigenvalue weighted by Crippen LogP contribution is -2.19. The predicted octanol–water partition coefficient (Wildman–Crippen LogP) is 1.05. The quantitative estimate of drug-likeness (QED) is 0.717. The summed E-state index contributed by atoms with van der Waals surface area (Å²) in [5.74, 6) is -0.350. The van der Waals surface area contributed by atoms with Gasteiger partial charge in [-0.1, -0.05) is 0 Å². The van der Waals surface area contributed by atoms with E-state index in [-0.39, 0.29) is 6.42 Å². The summed E-state index contributed by atoms with van der Waals surface area (Å²) in [6.07, 6.45) is 1.85. The summed E-state index contributed by atoms with van der Waals surface area (Å²) in [6.45, 7) is 0. The van der Waals surface area contributed by atoms with Crippen LogP contribution in [0.15, 0.2) is 22.8 Å². The molecule has 72 valence electrons. The lowest BCUT2D eigenvalue weighted by molar-refractivity contribution is -0.146. The number of carboxylic acids is 1. The van der Waals surface area contributed by atoms with E-state index in [2.05, 4.69) is 0 Å². The molecule has 0 aliphatic rings. The Morgan fingerprint density at radius 1 is 1.62 bits per heavy atom. The minimum absolute atomic E-state index is 0.260. The van der Waals surface area contributed by atoms with Crippen LogP contribution in [0.25, 0.3) is 0 Å². The Labute approximate surface area is 75.8 Å². The number of aryl methyl sites for hydroxylation is 1. The van der Waals surface area contributed by atoms with Gasteiger partial charge in [-0.3, -0.25) is 0 Å². The standard InChI is InChI=1S/C9H12O4/c10-8(9(11)12)5-1-3-7-4-2-6-13-7/h2,4,6,8,10H,1,3,5H2,(H,11,12). The van der Waals surface area contributed by atoms with Gasteiger partial charge in [-0.2, -0.15) is 0 Å². The molecule has 1 unspecified atom stereocenters. The van der Waals surface area contributed by atoms with Gasteiger partial charge < -0.3 is 14.6 Å². The Hall–Kier alpha value is -1.29. The lowest BCUT2D eigenvalue weighted by Gasteiger charge is -2.02. The fraction of sp³-hybridized carbons (Fsp3) is 0.444. The van der Waals surface area contributed by atoms with E-state index in [1.807, 2.05) is 6.07 Å². The van der Waals surface area contributed by atoms with Crippen LogP contribution in [0, 0.1) is 0 Å². The highest BCUT2D eigenvalue weighted by molar-refractivity contribution is 5.71. The van der Waals surface area contributed by atoms with E-state index < -0.39 is 12.1 Å². The molecule has 0 saturated heterocycles. The van der Waals surface area contributed by atoms with Crippen molar-refractivity contribution in [2.24, 2.45) is 0 Å². The van der Waals surface area contributed by atoms with Crippen LogP contribution in [-0.2, 0) is 11.2 Å². The van der Waals surface area contributed by atoms with Crippen molar-refractivity contribution >= 4 is 5.97 Å². The molecule has 0 aliphatic carbocycles. The van der Waals surface area contributed by atoms with Crippen molar-refractivity contribution in [3.63, 3.8) is 0 Å². The number of hydrogen-bond acceptors (Lipinski definition) is 3. The second-order valence-electron chi connectivity index (χ2n) is 2.83. The molecule has 0 amide bonds. The van der Waals surface area contributed by atoms with Crippen LogP contribution in [0.3, 0.4) is 0 Å². The number of rotatable bonds is 5. The normalized spacial score (nSPS) is 12.7. The van der Waals surface area contributed by atoms with Crippen molar-refractivity contribution in [1.82, 2.24) is 0 Å². The first-order chi connectivity index (χ1) is 6.20. The van der Waals surface area contributed by atoms with Crippen LogP contribution in [0.2, 0.25) is 0 Å². The van der Waals surface area contributed by atoms with E-state index in [1.54, 1.807) is 12.3 Å². The maximum atomic E-state index is 10.2. The zero-order valence-corrected chi connectivity index (χ0v) is 7.14. The molecule has 0 fully saturated rings. The summed E-state index contributed by atoms with van der Waals surface area (Å²) in [7, 11) is 0. The van der Waals surface area contributed by atoms with Crippen molar-refractivity contribution in [1.29, 1.82) is 0 Å². The summed E-state index contributed by atoms with van der Waals surface area (Å²) in [5, 5.41) is 17.3. The van der Waals surface area contributed by atoms with Gasteiger partial charge in [0.15, 0.2) is 6.10 Å². The number of carboxylic acid groups (broad SMARTS) is 1. The molecule has 1 aromatic heterocycles. The van der Waals surface area contributed by atoms with Gasteiger partial charge in [0.2, 0.25) is 0 Å². The summed E-state index contributed by atoms with van der Waals surface area (Å²) in [5.41, 5.74) is 0. The molecule has 0 radical (unpaired) electrons. The van der Waals surface area contributed by atoms with E-state index in [9.17, 15) is 4.79 Å². The maximum Gasteiger partial charge on any atom is 0.332 e. The minimum atomic E-state index is -1.25. The first kappa shape index (κ1) is 9.80. The molecule has 0 bridgehead atoms. The molecule has 1 heterocycles. The predicted molar refractivity (Wildman–Crippen MR) is 45.3 cm³/mol. The number of hydrogen-bond donors (Lipinski definition) is 2. The summed E-state index contributed by atoms with van der Waals surface area (Å²) >= 11 is 0. The van der Waals surface area contributed by atoms with Crippen molar-refractivity contribution in [3.8, 4) is 0 Å². The van der Waals surface area contributed by atoms with Gasteiger partial charge in [0.1, 0.15) is 5.76 Å².